The zero-order valence-electron chi connectivity index (χ0n) is 12.9. The van der Waals surface area contributed by atoms with Crippen LogP contribution in [0.1, 0.15) is 6.92 Å². The van der Waals surface area contributed by atoms with Crippen molar-refractivity contribution in [3.63, 3.8) is 0 Å². The SMILES string of the molecule is CCOC(=O)C(=O)Nc1nnc(Sc2ccnc3cc(Cl)ccc23)s1. The van der Waals surface area contributed by atoms with Gasteiger partial charge in [0.15, 0.2) is 4.34 Å². The van der Waals surface area contributed by atoms with Crippen LogP contribution in [0.15, 0.2) is 39.7 Å². The number of hydrogen-bond acceptors (Lipinski definition) is 8. The van der Waals surface area contributed by atoms with Crippen LogP contribution in [-0.2, 0) is 14.3 Å². The highest BCUT2D eigenvalue weighted by Gasteiger charge is 2.17. The van der Waals surface area contributed by atoms with E-state index >= 15 is 0 Å². The van der Waals surface area contributed by atoms with E-state index < -0.39 is 11.9 Å². The molecule has 0 radical (unpaired) electrons. The number of hydrogen-bond donors (Lipinski definition) is 1. The lowest BCUT2D eigenvalue weighted by Gasteiger charge is -2.03. The Morgan fingerprint density at radius 2 is 2.16 bits per heavy atom. The zero-order valence-corrected chi connectivity index (χ0v) is 15.2. The van der Waals surface area contributed by atoms with Crippen molar-refractivity contribution in [3.05, 3.63) is 35.5 Å². The molecule has 0 saturated heterocycles. The molecule has 1 amide bonds. The number of pyridine rings is 1. The molecule has 0 atom stereocenters. The summed E-state index contributed by atoms with van der Waals surface area (Å²) in [7, 11) is 0. The number of nitrogens with zero attached hydrogens (tertiary/aromatic N) is 3. The number of carbonyl (C=O) groups is 2. The number of amides is 1. The summed E-state index contributed by atoms with van der Waals surface area (Å²) in [5.74, 6) is -1.83. The second-order valence-electron chi connectivity index (χ2n) is 4.62. The fourth-order valence-electron chi connectivity index (χ4n) is 1.92. The molecule has 2 aromatic heterocycles. The van der Waals surface area contributed by atoms with Crippen LogP contribution in [0, 0.1) is 0 Å². The lowest BCUT2D eigenvalue weighted by atomic mass is 10.2. The second-order valence-corrected chi connectivity index (χ2v) is 7.32. The number of halogens is 1. The number of ether oxygens (including phenoxy) is 1. The van der Waals surface area contributed by atoms with E-state index in [4.69, 9.17) is 11.6 Å². The summed E-state index contributed by atoms with van der Waals surface area (Å²) >= 11 is 8.53. The van der Waals surface area contributed by atoms with Gasteiger partial charge < -0.3 is 4.74 Å². The van der Waals surface area contributed by atoms with Crippen molar-refractivity contribution in [2.75, 3.05) is 11.9 Å². The van der Waals surface area contributed by atoms with Gasteiger partial charge in [-0.2, -0.15) is 0 Å². The maximum absolute atomic E-state index is 11.6. The summed E-state index contributed by atoms with van der Waals surface area (Å²) in [6.07, 6.45) is 1.69. The third-order valence-electron chi connectivity index (χ3n) is 2.95. The highest BCUT2D eigenvalue weighted by atomic mass is 35.5. The first-order chi connectivity index (χ1) is 12.1. The van der Waals surface area contributed by atoms with Gasteiger partial charge >= 0.3 is 11.9 Å². The first-order valence-corrected chi connectivity index (χ1v) is 9.11. The van der Waals surface area contributed by atoms with Crippen LogP contribution in [0.4, 0.5) is 5.13 Å². The number of nitrogens with one attached hydrogen (secondary N) is 1. The number of benzene rings is 1. The van der Waals surface area contributed by atoms with Crippen LogP contribution in [-0.4, -0.2) is 33.7 Å². The Labute approximate surface area is 155 Å². The largest absolute Gasteiger partial charge is 0.459 e. The normalized spacial score (nSPS) is 10.6. The van der Waals surface area contributed by atoms with Gasteiger partial charge in [0.25, 0.3) is 0 Å². The van der Waals surface area contributed by atoms with E-state index in [9.17, 15) is 9.59 Å². The lowest BCUT2D eigenvalue weighted by Crippen LogP contribution is -2.24. The van der Waals surface area contributed by atoms with Crippen LogP contribution in [0.25, 0.3) is 10.9 Å². The Kier molecular flexibility index (Phi) is 5.47. The Bertz CT molecular complexity index is 947. The standard InChI is InChI=1S/C15H11ClN4O3S2/c1-2-23-13(22)12(21)18-14-19-20-15(25-14)24-11-5-6-17-10-7-8(16)3-4-9(10)11/h3-7H,2H2,1H3,(H,18,19,21). The second kappa shape index (κ2) is 7.77. The molecule has 0 aliphatic heterocycles. The van der Waals surface area contributed by atoms with Crippen molar-refractivity contribution >= 4 is 62.6 Å². The fraction of sp³-hybridized carbons (Fsp3) is 0.133. The summed E-state index contributed by atoms with van der Waals surface area (Å²) in [6.45, 7) is 1.75. The molecule has 1 N–H and O–H groups in total. The van der Waals surface area contributed by atoms with Crippen LogP contribution in [0.3, 0.4) is 0 Å². The van der Waals surface area contributed by atoms with Gasteiger partial charge in [0, 0.05) is 21.5 Å². The minimum atomic E-state index is -0.955. The molecule has 0 saturated carbocycles. The monoisotopic (exact) mass is 394 g/mol. The Morgan fingerprint density at radius 1 is 1.32 bits per heavy atom. The predicted octanol–water partition coefficient (Wildman–Crippen LogP) is 3.39. The number of rotatable bonds is 4. The summed E-state index contributed by atoms with van der Waals surface area (Å²) in [5.41, 5.74) is 0.776. The van der Waals surface area contributed by atoms with Crippen molar-refractivity contribution < 1.29 is 14.3 Å². The first-order valence-electron chi connectivity index (χ1n) is 7.10. The van der Waals surface area contributed by atoms with E-state index in [1.807, 2.05) is 12.1 Å². The van der Waals surface area contributed by atoms with Crippen molar-refractivity contribution in [3.8, 4) is 0 Å². The topological polar surface area (TPSA) is 94.1 Å². The molecule has 25 heavy (non-hydrogen) atoms. The number of anilines is 1. The van der Waals surface area contributed by atoms with Gasteiger partial charge in [0.1, 0.15) is 0 Å². The molecule has 3 aromatic rings. The summed E-state index contributed by atoms with van der Waals surface area (Å²) in [4.78, 5) is 28.1. The maximum atomic E-state index is 11.6. The molecule has 0 unspecified atom stereocenters. The highest BCUT2D eigenvalue weighted by Crippen LogP contribution is 2.36. The number of carbonyl (C=O) groups excluding carboxylic acids is 2. The molecule has 0 spiro atoms. The molecule has 3 rings (SSSR count). The molecule has 10 heteroatoms. The van der Waals surface area contributed by atoms with Gasteiger partial charge in [-0.1, -0.05) is 40.8 Å². The molecule has 7 nitrogen and oxygen atoms in total. The summed E-state index contributed by atoms with van der Waals surface area (Å²) in [6, 6.07) is 7.32. The third-order valence-corrected chi connectivity index (χ3v) is 5.15. The van der Waals surface area contributed by atoms with E-state index in [1.165, 1.54) is 11.8 Å². The Balaban J connectivity index is 1.76. The van der Waals surface area contributed by atoms with Gasteiger partial charge in [-0.05, 0) is 25.1 Å². The zero-order chi connectivity index (χ0) is 17.8. The molecular formula is C15H11ClN4O3S2. The Hall–Kier alpha value is -2.23. The van der Waals surface area contributed by atoms with Gasteiger partial charge in [0.05, 0.1) is 12.1 Å². The van der Waals surface area contributed by atoms with E-state index in [1.54, 1.807) is 25.3 Å². The fourth-order valence-corrected chi connectivity index (χ4v) is 3.92. The molecule has 0 aliphatic rings. The molecule has 1 aromatic carbocycles. The van der Waals surface area contributed by atoms with E-state index in [0.717, 1.165) is 27.1 Å². The summed E-state index contributed by atoms with van der Waals surface area (Å²) in [5, 5.41) is 12.0. The van der Waals surface area contributed by atoms with E-state index in [-0.39, 0.29) is 11.7 Å². The molecular weight excluding hydrogens is 384 g/mol. The van der Waals surface area contributed by atoms with Gasteiger partial charge in [-0.25, -0.2) is 4.79 Å². The molecule has 0 bridgehead atoms. The number of aromatic nitrogens is 3. The molecule has 0 aliphatic carbocycles. The van der Waals surface area contributed by atoms with Crippen molar-refractivity contribution in [1.29, 1.82) is 0 Å². The van der Waals surface area contributed by atoms with Gasteiger partial charge in [-0.15, -0.1) is 10.2 Å². The minimum absolute atomic E-state index is 0.128. The lowest BCUT2D eigenvalue weighted by molar-refractivity contribution is -0.152. The molecule has 0 fully saturated rings. The predicted molar refractivity (Wildman–Crippen MR) is 96.0 cm³/mol. The van der Waals surface area contributed by atoms with Crippen molar-refractivity contribution in [2.45, 2.75) is 16.2 Å². The quantitative estimate of drug-likeness (QED) is 0.411. The first kappa shape index (κ1) is 17.6. The summed E-state index contributed by atoms with van der Waals surface area (Å²) < 4.78 is 5.23. The molecule has 128 valence electrons. The van der Waals surface area contributed by atoms with Crippen LogP contribution >= 0.6 is 34.7 Å². The van der Waals surface area contributed by atoms with Gasteiger partial charge in [-0.3, -0.25) is 15.1 Å². The maximum Gasteiger partial charge on any atom is 0.397 e. The molecule has 2 heterocycles. The average Bonchev–Trinajstić information content (AvgIpc) is 3.02. The average molecular weight is 395 g/mol. The van der Waals surface area contributed by atoms with E-state index in [0.29, 0.717) is 9.36 Å². The van der Waals surface area contributed by atoms with Crippen molar-refractivity contribution in [1.82, 2.24) is 15.2 Å². The van der Waals surface area contributed by atoms with E-state index in [2.05, 4.69) is 25.2 Å². The van der Waals surface area contributed by atoms with Crippen molar-refractivity contribution in [2.24, 2.45) is 0 Å². The van der Waals surface area contributed by atoms with Crippen LogP contribution in [0.5, 0.6) is 0 Å². The number of esters is 1. The third kappa shape index (κ3) is 4.25. The van der Waals surface area contributed by atoms with Gasteiger partial charge in [0.2, 0.25) is 5.13 Å². The van der Waals surface area contributed by atoms with Crippen LogP contribution < -0.4 is 5.32 Å². The van der Waals surface area contributed by atoms with Crippen LogP contribution in [0.2, 0.25) is 5.02 Å². The highest BCUT2D eigenvalue weighted by molar-refractivity contribution is 8.01. The minimum Gasteiger partial charge on any atom is -0.459 e. The number of fused-ring (bicyclic) bond motifs is 1. The smallest absolute Gasteiger partial charge is 0.397 e. The Morgan fingerprint density at radius 3 is 2.96 bits per heavy atom.